The van der Waals surface area contributed by atoms with Gasteiger partial charge < -0.3 is 14.6 Å². The molecule has 0 aliphatic rings. The standard InChI is InChI=1S/C43H76O5/c1-3-5-7-9-11-13-15-17-19-20-21-22-24-26-28-30-32-34-36-38-43(46)48-41(39-44)40-47-42(45)37-35-33-31-29-27-25-23-18-16-14-12-10-8-6-4-2/h6,8,12,14,18,23,27,29,41,44H,3-5,7,9-11,13,15-17,19-22,24-26,28,30-40H2,1-2H3/b8-6-,14-12-,23-18-,29-27-/t41-/m0/s1. The molecule has 0 aromatic rings. The van der Waals surface area contributed by atoms with Gasteiger partial charge in [-0.05, 0) is 51.4 Å². The summed E-state index contributed by atoms with van der Waals surface area (Å²) in [6.07, 6.45) is 48.9. The Bertz CT molecular complexity index is 812. The van der Waals surface area contributed by atoms with Gasteiger partial charge in [-0.15, -0.1) is 0 Å². The fraction of sp³-hybridized carbons (Fsp3) is 0.767. The average Bonchev–Trinajstić information content (AvgIpc) is 3.09. The second kappa shape index (κ2) is 39.3. The number of allylic oxidation sites excluding steroid dienone is 8. The third-order valence-electron chi connectivity index (χ3n) is 8.64. The minimum atomic E-state index is -0.786. The Hall–Kier alpha value is -2.14. The van der Waals surface area contributed by atoms with Gasteiger partial charge in [0.2, 0.25) is 0 Å². The van der Waals surface area contributed by atoms with Gasteiger partial charge in [0, 0.05) is 12.8 Å². The van der Waals surface area contributed by atoms with E-state index >= 15 is 0 Å². The summed E-state index contributed by atoms with van der Waals surface area (Å²) in [6, 6.07) is 0. The Labute approximate surface area is 297 Å². The number of carbonyl (C=O) groups excluding carboxylic acids is 2. The Balaban J connectivity index is 3.58. The molecule has 0 rings (SSSR count). The third kappa shape index (κ3) is 36.7. The summed E-state index contributed by atoms with van der Waals surface area (Å²) in [5.74, 6) is -0.636. The van der Waals surface area contributed by atoms with Crippen molar-refractivity contribution in [2.24, 2.45) is 0 Å². The highest BCUT2D eigenvalue weighted by atomic mass is 16.6. The first kappa shape index (κ1) is 45.9. The smallest absolute Gasteiger partial charge is 0.306 e. The molecule has 0 spiro atoms. The highest BCUT2D eigenvalue weighted by Crippen LogP contribution is 2.15. The summed E-state index contributed by atoms with van der Waals surface area (Å²) in [4.78, 5) is 24.2. The quantitative estimate of drug-likeness (QED) is 0.0407. The number of rotatable bonds is 36. The lowest BCUT2D eigenvalue weighted by Crippen LogP contribution is -2.28. The Morgan fingerprint density at radius 3 is 1.35 bits per heavy atom. The van der Waals surface area contributed by atoms with Gasteiger partial charge in [0.25, 0.3) is 0 Å². The Morgan fingerprint density at radius 2 is 0.896 bits per heavy atom. The Kier molecular flexibility index (Phi) is 37.5. The second-order valence-electron chi connectivity index (χ2n) is 13.3. The number of esters is 2. The molecule has 0 aromatic heterocycles. The van der Waals surface area contributed by atoms with Crippen LogP contribution < -0.4 is 0 Å². The molecule has 0 aliphatic heterocycles. The third-order valence-corrected chi connectivity index (χ3v) is 8.64. The molecule has 0 fully saturated rings. The van der Waals surface area contributed by atoms with Crippen molar-refractivity contribution < 1.29 is 24.2 Å². The molecule has 0 saturated heterocycles. The van der Waals surface area contributed by atoms with Crippen LogP contribution in [0.3, 0.4) is 0 Å². The molecule has 0 heterocycles. The van der Waals surface area contributed by atoms with Crippen LogP contribution >= 0.6 is 0 Å². The minimum Gasteiger partial charge on any atom is -0.462 e. The van der Waals surface area contributed by atoms with E-state index in [9.17, 15) is 14.7 Å². The van der Waals surface area contributed by atoms with E-state index in [0.717, 1.165) is 64.2 Å². The van der Waals surface area contributed by atoms with E-state index in [4.69, 9.17) is 9.47 Å². The van der Waals surface area contributed by atoms with Crippen LogP contribution in [0.1, 0.15) is 194 Å². The molecule has 5 nitrogen and oxygen atoms in total. The first-order chi connectivity index (χ1) is 23.6. The van der Waals surface area contributed by atoms with Gasteiger partial charge in [0.1, 0.15) is 6.61 Å². The first-order valence-corrected chi connectivity index (χ1v) is 20.2. The van der Waals surface area contributed by atoms with Crippen LogP contribution in [-0.2, 0) is 19.1 Å². The lowest BCUT2D eigenvalue weighted by atomic mass is 10.0. The number of unbranched alkanes of at least 4 members (excludes halogenated alkanes) is 20. The number of aliphatic hydroxyl groups is 1. The zero-order valence-corrected chi connectivity index (χ0v) is 31.5. The number of hydrogen-bond acceptors (Lipinski definition) is 5. The van der Waals surface area contributed by atoms with Crippen molar-refractivity contribution in [1.29, 1.82) is 0 Å². The molecule has 278 valence electrons. The van der Waals surface area contributed by atoms with E-state index in [-0.39, 0.29) is 25.2 Å². The number of ether oxygens (including phenoxy) is 2. The van der Waals surface area contributed by atoms with Crippen LogP contribution in [0.4, 0.5) is 0 Å². The molecule has 48 heavy (non-hydrogen) atoms. The molecule has 0 unspecified atom stereocenters. The lowest BCUT2D eigenvalue weighted by Gasteiger charge is -2.15. The highest BCUT2D eigenvalue weighted by molar-refractivity contribution is 5.70. The molecule has 0 aromatic carbocycles. The summed E-state index contributed by atoms with van der Waals surface area (Å²) in [6.45, 7) is 3.99. The zero-order valence-electron chi connectivity index (χ0n) is 31.5. The fourth-order valence-corrected chi connectivity index (χ4v) is 5.60. The molecule has 5 heteroatoms. The van der Waals surface area contributed by atoms with Crippen LogP contribution in [-0.4, -0.2) is 36.4 Å². The van der Waals surface area contributed by atoms with Gasteiger partial charge in [-0.2, -0.15) is 0 Å². The molecule has 0 amide bonds. The predicted molar refractivity (Wildman–Crippen MR) is 205 cm³/mol. The molecular weight excluding hydrogens is 596 g/mol. The predicted octanol–water partition coefficient (Wildman–Crippen LogP) is 12.6. The monoisotopic (exact) mass is 673 g/mol. The molecule has 1 atom stereocenters. The number of hydrogen-bond donors (Lipinski definition) is 1. The van der Waals surface area contributed by atoms with Crippen molar-refractivity contribution in [2.45, 2.75) is 200 Å². The SMILES string of the molecule is CC/C=C\C/C=C\C/C=C\C/C=C\CCCCC(=O)OC[C@H](CO)OC(=O)CCCCCCCCCCCCCCCCCCCCC. The van der Waals surface area contributed by atoms with E-state index in [1.165, 1.54) is 103 Å². The van der Waals surface area contributed by atoms with E-state index in [1.807, 2.05) is 0 Å². The molecule has 0 radical (unpaired) electrons. The van der Waals surface area contributed by atoms with Crippen LogP contribution in [0.25, 0.3) is 0 Å². The Morgan fingerprint density at radius 1 is 0.500 bits per heavy atom. The van der Waals surface area contributed by atoms with Crippen LogP contribution in [0.2, 0.25) is 0 Å². The maximum Gasteiger partial charge on any atom is 0.306 e. The topological polar surface area (TPSA) is 72.8 Å². The van der Waals surface area contributed by atoms with Gasteiger partial charge in [-0.25, -0.2) is 0 Å². The lowest BCUT2D eigenvalue weighted by molar-refractivity contribution is -0.161. The van der Waals surface area contributed by atoms with Crippen LogP contribution in [0, 0.1) is 0 Å². The fourth-order valence-electron chi connectivity index (χ4n) is 5.60. The van der Waals surface area contributed by atoms with Crippen LogP contribution in [0.15, 0.2) is 48.6 Å². The van der Waals surface area contributed by atoms with Gasteiger partial charge in [0.05, 0.1) is 6.61 Å². The summed E-state index contributed by atoms with van der Waals surface area (Å²) >= 11 is 0. The summed E-state index contributed by atoms with van der Waals surface area (Å²) < 4.78 is 10.6. The zero-order chi connectivity index (χ0) is 35.0. The van der Waals surface area contributed by atoms with Gasteiger partial charge in [0.15, 0.2) is 6.10 Å². The number of aliphatic hydroxyl groups excluding tert-OH is 1. The molecular formula is C43H76O5. The summed E-state index contributed by atoms with van der Waals surface area (Å²) in [5.41, 5.74) is 0. The van der Waals surface area contributed by atoms with Gasteiger partial charge in [-0.1, -0.05) is 178 Å². The van der Waals surface area contributed by atoms with E-state index < -0.39 is 6.10 Å². The summed E-state index contributed by atoms with van der Waals surface area (Å²) in [5, 5.41) is 9.55. The van der Waals surface area contributed by atoms with Crippen molar-refractivity contribution in [3.63, 3.8) is 0 Å². The second-order valence-corrected chi connectivity index (χ2v) is 13.3. The average molecular weight is 673 g/mol. The highest BCUT2D eigenvalue weighted by Gasteiger charge is 2.16. The van der Waals surface area contributed by atoms with Crippen LogP contribution in [0.5, 0.6) is 0 Å². The van der Waals surface area contributed by atoms with Crippen molar-refractivity contribution in [3.8, 4) is 0 Å². The largest absolute Gasteiger partial charge is 0.462 e. The maximum absolute atomic E-state index is 12.2. The van der Waals surface area contributed by atoms with Gasteiger partial charge in [-0.3, -0.25) is 9.59 Å². The maximum atomic E-state index is 12.2. The van der Waals surface area contributed by atoms with Gasteiger partial charge >= 0.3 is 11.9 Å². The normalized spacial score (nSPS) is 12.6. The van der Waals surface area contributed by atoms with E-state index in [2.05, 4.69) is 62.5 Å². The minimum absolute atomic E-state index is 0.0862. The molecule has 0 saturated carbocycles. The van der Waals surface area contributed by atoms with Crippen molar-refractivity contribution >= 4 is 11.9 Å². The number of carbonyl (C=O) groups is 2. The van der Waals surface area contributed by atoms with Crippen molar-refractivity contribution in [1.82, 2.24) is 0 Å². The van der Waals surface area contributed by atoms with E-state index in [1.54, 1.807) is 0 Å². The molecule has 1 N–H and O–H groups in total. The molecule has 0 bridgehead atoms. The summed E-state index contributed by atoms with van der Waals surface area (Å²) in [7, 11) is 0. The van der Waals surface area contributed by atoms with E-state index in [0.29, 0.717) is 12.8 Å². The van der Waals surface area contributed by atoms with Crippen molar-refractivity contribution in [2.75, 3.05) is 13.2 Å². The molecule has 0 aliphatic carbocycles. The van der Waals surface area contributed by atoms with Crippen molar-refractivity contribution in [3.05, 3.63) is 48.6 Å². The first-order valence-electron chi connectivity index (χ1n) is 20.2.